The molecule has 0 aliphatic carbocycles. The molecule has 4 rings (SSSR count). The van der Waals surface area contributed by atoms with Crippen LogP contribution in [0.5, 0.6) is 28.7 Å². The van der Waals surface area contributed by atoms with E-state index in [9.17, 15) is 10.1 Å². The quantitative estimate of drug-likeness (QED) is 0.125. The molecule has 0 spiro atoms. The number of halogens is 2. The average Bonchev–Trinajstić information content (AvgIpc) is 2.97. The van der Waals surface area contributed by atoms with E-state index < -0.39 is 11.9 Å². The van der Waals surface area contributed by atoms with Gasteiger partial charge in [-0.3, -0.25) is 0 Å². The maximum absolute atomic E-state index is 12.9. The highest BCUT2D eigenvalue weighted by Crippen LogP contribution is 2.45. The number of ether oxygens (including phenoxy) is 5. The Morgan fingerprint density at radius 3 is 2.36 bits per heavy atom. The van der Waals surface area contributed by atoms with Gasteiger partial charge < -0.3 is 29.4 Å². The zero-order valence-corrected chi connectivity index (χ0v) is 25.2. The molecule has 42 heavy (non-hydrogen) atoms. The van der Waals surface area contributed by atoms with Crippen LogP contribution in [0.1, 0.15) is 67.4 Å². The molecule has 0 fully saturated rings. The summed E-state index contributed by atoms with van der Waals surface area (Å²) in [5.74, 6) is 0.808. The molecule has 1 atom stereocenters. The van der Waals surface area contributed by atoms with Crippen molar-refractivity contribution in [1.29, 1.82) is 5.26 Å². The fraction of sp³-hybridized carbons (Fsp3) is 0.312. The Morgan fingerprint density at radius 1 is 0.952 bits per heavy atom. The zero-order valence-electron chi connectivity index (χ0n) is 23.7. The summed E-state index contributed by atoms with van der Waals surface area (Å²) < 4.78 is 28.7. The van der Waals surface area contributed by atoms with Gasteiger partial charge in [-0.15, -0.1) is 0 Å². The van der Waals surface area contributed by atoms with Gasteiger partial charge in [0.25, 0.3) is 0 Å². The van der Waals surface area contributed by atoms with E-state index in [0.717, 1.165) is 24.8 Å². The highest BCUT2D eigenvalue weighted by atomic mass is 35.5. The van der Waals surface area contributed by atoms with Crippen molar-refractivity contribution >= 4 is 29.2 Å². The molecule has 0 bridgehead atoms. The molecule has 0 amide bonds. The van der Waals surface area contributed by atoms with Crippen LogP contribution in [0.25, 0.3) is 0 Å². The van der Waals surface area contributed by atoms with Crippen molar-refractivity contribution in [2.75, 3.05) is 19.8 Å². The van der Waals surface area contributed by atoms with Gasteiger partial charge in [-0.05, 0) is 56.2 Å². The standard InChI is InChI=1S/C32H32Cl2N2O6/c1-4-7-8-13-40-26-12-9-19(16-28(26)38-5-2)29-22-11-10-21(17-27(22)42-31(36)23(29)18-35)41-32(37)20-14-24(33)30(39-6-3)25(34)15-20/h9-12,14-17,29H,4-8,13,36H2,1-3H3. The van der Waals surface area contributed by atoms with Gasteiger partial charge in [0.15, 0.2) is 17.2 Å². The SMILES string of the molecule is CCCCCOc1ccc(C2C(C#N)=C(N)Oc3cc(OC(=O)c4cc(Cl)c(OCC)c(Cl)c4)ccc32)cc1OCC. The topological polar surface area (TPSA) is 113 Å². The smallest absolute Gasteiger partial charge is 0.343 e. The Balaban J connectivity index is 1.63. The monoisotopic (exact) mass is 610 g/mol. The maximum atomic E-state index is 12.9. The lowest BCUT2D eigenvalue weighted by atomic mass is 9.83. The average molecular weight is 612 g/mol. The van der Waals surface area contributed by atoms with Gasteiger partial charge in [0.05, 0.1) is 41.3 Å². The highest BCUT2D eigenvalue weighted by molar-refractivity contribution is 6.37. The predicted octanol–water partition coefficient (Wildman–Crippen LogP) is 7.80. The molecule has 10 heteroatoms. The van der Waals surface area contributed by atoms with Crippen LogP contribution in [0.4, 0.5) is 0 Å². The molecule has 0 radical (unpaired) electrons. The van der Waals surface area contributed by atoms with Gasteiger partial charge in [0.2, 0.25) is 5.88 Å². The van der Waals surface area contributed by atoms with Gasteiger partial charge >= 0.3 is 5.97 Å². The molecular formula is C32H32Cl2N2O6. The second-order valence-electron chi connectivity index (χ2n) is 9.41. The predicted molar refractivity (Wildman–Crippen MR) is 161 cm³/mol. The molecule has 1 heterocycles. The fourth-order valence-electron chi connectivity index (χ4n) is 4.59. The maximum Gasteiger partial charge on any atom is 0.343 e. The first kappa shape index (κ1) is 30.9. The number of carbonyl (C=O) groups excluding carboxylic acids is 1. The van der Waals surface area contributed by atoms with Crippen LogP contribution in [-0.4, -0.2) is 25.8 Å². The van der Waals surface area contributed by atoms with Crippen molar-refractivity contribution in [2.24, 2.45) is 5.73 Å². The summed E-state index contributed by atoms with van der Waals surface area (Å²) in [6.45, 7) is 7.24. The first-order valence-electron chi connectivity index (χ1n) is 13.8. The molecule has 8 nitrogen and oxygen atoms in total. The summed E-state index contributed by atoms with van der Waals surface area (Å²) in [6, 6.07) is 15.5. The van der Waals surface area contributed by atoms with Crippen LogP contribution in [0.2, 0.25) is 10.0 Å². The molecule has 220 valence electrons. The van der Waals surface area contributed by atoms with Crippen LogP contribution < -0.4 is 29.4 Å². The highest BCUT2D eigenvalue weighted by Gasteiger charge is 2.32. The third-order valence-electron chi connectivity index (χ3n) is 6.53. The second kappa shape index (κ2) is 14.2. The number of allylic oxidation sites excluding steroid dienone is 1. The zero-order chi connectivity index (χ0) is 30.2. The molecule has 0 saturated carbocycles. The van der Waals surface area contributed by atoms with E-state index in [1.807, 2.05) is 25.1 Å². The molecular weight excluding hydrogens is 579 g/mol. The third kappa shape index (κ3) is 6.87. The van der Waals surface area contributed by atoms with E-state index >= 15 is 0 Å². The van der Waals surface area contributed by atoms with Crippen LogP contribution in [0, 0.1) is 11.3 Å². The van der Waals surface area contributed by atoms with Gasteiger partial charge in [0, 0.05) is 11.6 Å². The normalized spacial score (nSPS) is 14.0. The van der Waals surface area contributed by atoms with Crippen LogP contribution >= 0.6 is 23.2 Å². The second-order valence-corrected chi connectivity index (χ2v) is 10.2. The number of rotatable bonds is 12. The minimum Gasteiger partial charge on any atom is -0.491 e. The lowest BCUT2D eigenvalue weighted by Gasteiger charge is -2.27. The Labute approximate surface area is 255 Å². The molecule has 2 N–H and O–H groups in total. The lowest BCUT2D eigenvalue weighted by molar-refractivity contribution is 0.0734. The van der Waals surface area contributed by atoms with Crippen molar-refractivity contribution < 1.29 is 28.5 Å². The number of carbonyl (C=O) groups is 1. The summed E-state index contributed by atoms with van der Waals surface area (Å²) >= 11 is 12.5. The van der Waals surface area contributed by atoms with Crippen LogP contribution in [0.3, 0.4) is 0 Å². The van der Waals surface area contributed by atoms with Gasteiger partial charge in [-0.25, -0.2) is 4.79 Å². The molecule has 0 saturated heterocycles. The Morgan fingerprint density at radius 2 is 1.69 bits per heavy atom. The molecule has 1 aliphatic rings. The van der Waals surface area contributed by atoms with Gasteiger partial charge in [-0.1, -0.05) is 55.1 Å². The minimum atomic E-state index is -0.675. The molecule has 0 aromatic heterocycles. The first-order valence-corrected chi connectivity index (χ1v) is 14.5. The third-order valence-corrected chi connectivity index (χ3v) is 7.09. The van der Waals surface area contributed by atoms with Crippen molar-refractivity contribution in [2.45, 2.75) is 46.0 Å². The number of hydrogen-bond donors (Lipinski definition) is 1. The van der Waals surface area contributed by atoms with E-state index in [2.05, 4.69) is 13.0 Å². The van der Waals surface area contributed by atoms with E-state index in [4.69, 9.17) is 52.6 Å². The van der Waals surface area contributed by atoms with Crippen LogP contribution in [-0.2, 0) is 0 Å². The number of unbranched alkanes of at least 4 members (excludes halogenated alkanes) is 2. The summed E-state index contributed by atoms with van der Waals surface area (Å²) in [5, 5.41) is 10.4. The number of benzene rings is 3. The van der Waals surface area contributed by atoms with Crippen molar-refractivity contribution in [3.63, 3.8) is 0 Å². The molecule has 1 aliphatic heterocycles. The summed E-state index contributed by atoms with van der Waals surface area (Å²) in [4.78, 5) is 12.9. The number of esters is 1. The van der Waals surface area contributed by atoms with E-state index in [1.165, 1.54) is 12.1 Å². The molecule has 3 aromatic rings. The van der Waals surface area contributed by atoms with Crippen LogP contribution in [0.15, 0.2) is 60.0 Å². The molecule has 1 unspecified atom stereocenters. The number of nitrogens with two attached hydrogens (primary N) is 1. The van der Waals surface area contributed by atoms with Crippen molar-refractivity contribution in [1.82, 2.24) is 0 Å². The molecule has 3 aromatic carbocycles. The lowest BCUT2D eigenvalue weighted by Crippen LogP contribution is -2.21. The van der Waals surface area contributed by atoms with E-state index in [-0.39, 0.29) is 32.8 Å². The Bertz CT molecular complexity index is 1510. The summed E-state index contributed by atoms with van der Waals surface area (Å²) in [7, 11) is 0. The van der Waals surface area contributed by atoms with Crippen molar-refractivity contribution in [3.8, 4) is 34.8 Å². The Hall–Kier alpha value is -4.06. The van der Waals surface area contributed by atoms with Gasteiger partial charge in [0.1, 0.15) is 23.1 Å². The van der Waals surface area contributed by atoms with Gasteiger partial charge in [-0.2, -0.15) is 5.26 Å². The number of fused-ring (bicyclic) bond motifs is 1. The Kier molecular flexibility index (Phi) is 10.5. The first-order chi connectivity index (χ1) is 20.3. The number of hydrogen-bond acceptors (Lipinski definition) is 8. The van der Waals surface area contributed by atoms with Crippen molar-refractivity contribution in [3.05, 3.63) is 86.7 Å². The summed E-state index contributed by atoms with van der Waals surface area (Å²) in [5.41, 5.74) is 8.04. The largest absolute Gasteiger partial charge is 0.491 e. The number of nitriles is 1. The van der Waals surface area contributed by atoms with E-state index in [1.54, 1.807) is 25.1 Å². The minimum absolute atomic E-state index is 0.0404. The number of nitrogens with zero attached hydrogens (tertiary/aromatic N) is 1. The van der Waals surface area contributed by atoms with E-state index in [0.29, 0.717) is 48.4 Å². The summed E-state index contributed by atoms with van der Waals surface area (Å²) in [6.07, 6.45) is 3.12. The fourth-order valence-corrected chi connectivity index (χ4v) is 5.19.